The Kier molecular flexibility index (Phi) is 2.68. The molecule has 4 heteroatoms. The maximum absolute atomic E-state index is 13.6. The van der Waals surface area contributed by atoms with Crippen LogP contribution in [0.3, 0.4) is 0 Å². The van der Waals surface area contributed by atoms with Gasteiger partial charge < -0.3 is 10.6 Å². The van der Waals surface area contributed by atoms with Crippen molar-refractivity contribution in [1.82, 2.24) is 0 Å². The lowest BCUT2D eigenvalue weighted by Gasteiger charge is -2.24. The maximum atomic E-state index is 13.6. The van der Waals surface area contributed by atoms with Crippen molar-refractivity contribution in [2.45, 2.75) is 25.3 Å². The lowest BCUT2D eigenvalue weighted by molar-refractivity contribution is -0.120. The average molecular weight is 222 g/mol. The lowest BCUT2D eigenvalue weighted by atomic mass is 10.2. The van der Waals surface area contributed by atoms with Gasteiger partial charge in [0.25, 0.3) is 0 Å². The number of nitrogens with two attached hydrogens (primary N) is 1. The number of nitrogens with zero attached hydrogens (tertiary/aromatic N) is 1. The molecule has 1 saturated carbocycles. The first-order chi connectivity index (χ1) is 7.58. The minimum atomic E-state index is -0.752. The summed E-state index contributed by atoms with van der Waals surface area (Å²) in [5.74, 6) is -0.568. The summed E-state index contributed by atoms with van der Waals surface area (Å²) >= 11 is 0. The number of para-hydroxylation sites is 1. The standard InChI is InChI=1S/C12H15FN2O/c1-2-15(11(16)12(14)7-8-12)10-6-4-3-5-9(10)13/h3-6H,2,7-8,14H2,1H3. The molecule has 0 atom stereocenters. The third kappa shape index (κ3) is 1.80. The average Bonchev–Trinajstić information content (AvgIpc) is 3.01. The second-order valence-electron chi connectivity index (χ2n) is 4.16. The largest absolute Gasteiger partial charge is 0.317 e. The second-order valence-corrected chi connectivity index (χ2v) is 4.16. The second kappa shape index (κ2) is 3.87. The molecule has 0 aromatic heterocycles. The van der Waals surface area contributed by atoms with E-state index >= 15 is 0 Å². The van der Waals surface area contributed by atoms with Crippen molar-refractivity contribution in [2.75, 3.05) is 11.4 Å². The molecular formula is C12H15FN2O. The van der Waals surface area contributed by atoms with Crippen molar-refractivity contribution < 1.29 is 9.18 Å². The van der Waals surface area contributed by atoms with Crippen molar-refractivity contribution in [3.05, 3.63) is 30.1 Å². The SMILES string of the molecule is CCN(C(=O)C1(N)CC1)c1ccccc1F. The van der Waals surface area contributed by atoms with Gasteiger partial charge in [0, 0.05) is 6.54 Å². The number of hydrogen-bond acceptors (Lipinski definition) is 2. The summed E-state index contributed by atoms with van der Waals surface area (Å²) in [6, 6.07) is 6.26. The Morgan fingerprint density at radius 3 is 2.62 bits per heavy atom. The van der Waals surface area contributed by atoms with Gasteiger partial charge in [-0.15, -0.1) is 0 Å². The Morgan fingerprint density at radius 2 is 2.12 bits per heavy atom. The van der Waals surface area contributed by atoms with E-state index in [9.17, 15) is 9.18 Å². The molecule has 2 N–H and O–H groups in total. The fourth-order valence-corrected chi connectivity index (χ4v) is 1.71. The van der Waals surface area contributed by atoms with Crippen molar-refractivity contribution in [1.29, 1.82) is 0 Å². The Labute approximate surface area is 94.0 Å². The van der Waals surface area contributed by atoms with E-state index in [-0.39, 0.29) is 11.7 Å². The summed E-state index contributed by atoms with van der Waals surface area (Å²) in [6.45, 7) is 2.24. The van der Waals surface area contributed by atoms with Gasteiger partial charge in [-0.25, -0.2) is 4.39 Å². The molecule has 0 bridgehead atoms. The summed E-state index contributed by atoms with van der Waals surface area (Å²) in [4.78, 5) is 13.5. The molecule has 0 aliphatic heterocycles. The zero-order chi connectivity index (χ0) is 11.8. The first-order valence-electron chi connectivity index (χ1n) is 5.44. The van der Waals surface area contributed by atoms with Crippen LogP contribution >= 0.6 is 0 Å². The van der Waals surface area contributed by atoms with Crippen LogP contribution in [0.25, 0.3) is 0 Å². The van der Waals surface area contributed by atoms with Crippen LogP contribution in [0.4, 0.5) is 10.1 Å². The molecule has 16 heavy (non-hydrogen) atoms. The topological polar surface area (TPSA) is 46.3 Å². The van der Waals surface area contributed by atoms with Crippen molar-refractivity contribution in [3.8, 4) is 0 Å². The summed E-state index contributed by atoms with van der Waals surface area (Å²) < 4.78 is 13.6. The number of carbonyl (C=O) groups is 1. The number of halogens is 1. The molecule has 0 spiro atoms. The zero-order valence-corrected chi connectivity index (χ0v) is 9.24. The van der Waals surface area contributed by atoms with E-state index in [1.54, 1.807) is 18.2 Å². The van der Waals surface area contributed by atoms with Crippen LogP contribution in [0, 0.1) is 5.82 Å². The monoisotopic (exact) mass is 222 g/mol. The van der Waals surface area contributed by atoms with Crippen molar-refractivity contribution >= 4 is 11.6 Å². The fraction of sp³-hybridized carbons (Fsp3) is 0.417. The maximum Gasteiger partial charge on any atom is 0.247 e. The Hall–Kier alpha value is -1.42. The van der Waals surface area contributed by atoms with Gasteiger partial charge in [-0.3, -0.25) is 4.79 Å². The van der Waals surface area contributed by atoms with Gasteiger partial charge in [0.2, 0.25) is 5.91 Å². The Bertz CT molecular complexity index is 415. The molecule has 1 aromatic carbocycles. The number of likely N-dealkylation sites (N-methyl/N-ethyl adjacent to an activating group) is 1. The minimum Gasteiger partial charge on any atom is -0.317 e. The van der Waals surface area contributed by atoms with E-state index < -0.39 is 5.54 Å². The number of carbonyl (C=O) groups excluding carboxylic acids is 1. The highest BCUT2D eigenvalue weighted by molar-refractivity contribution is 6.02. The van der Waals surface area contributed by atoms with Crippen LogP contribution in [-0.2, 0) is 4.79 Å². The van der Waals surface area contributed by atoms with Crippen molar-refractivity contribution in [3.63, 3.8) is 0 Å². The number of rotatable bonds is 3. The third-order valence-corrected chi connectivity index (χ3v) is 2.92. The van der Waals surface area contributed by atoms with Crippen LogP contribution in [0.5, 0.6) is 0 Å². The molecule has 1 aliphatic rings. The van der Waals surface area contributed by atoms with E-state index in [2.05, 4.69) is 0 Å². The van der Waals surface area contributed by atoms with E-state index in [4.69, 9.17) is 5.73 Å². The predicted molar refractivity (Wildman–Crippen MR) is 60.6 cm³/mol. The number of amides is 1. The molecule has 1 aromatic rings. The highest BCUT2D eigenvalue weighted by Gasteiger charge is 2.48. The normalized spacial score (nSPS) is 16.9. The molecule has 0 unspecified atom stereocenters. The summed E-state index contributed by atoms with van der Waals surface area (Å²) in [6.07, 6.45) is 1.38. The van der Waals surface area contributed by atoms with Crippen molar-refractivity contribution in [2.24, 2.45) is 5.73 Å². The Morgan fingerprint density at radius 1 is 1.50 bits per heavy atom. The highest BCUT2D eigenvalue weighted by Crippen LogP contribution is 2.35. The lowest BCUT2D eigenvalue weighted by Crippen LogP contribution is -2.46. The molecule has 3 nitrogen and oxygen atoms in total. The molecule has 2 rings (SSSR count). The molecule has 0 heterocycles. The molecule has 1 amide bonds. The summed E-state index contributed by atoms with van der Waals surface area (Å²) in [5.41, 5.74) is 5.40. The van der Waals surface area contributed by atoms with Crippen LogP contribution in [-0.4, -0.2) is 18.0 Å². The zero-order valence-electron chi connectivity index (χ0n) is 9.24. The molecule has 0 radical (unpaired) electrons. The number of benzene rings is 1. The fourth-order valence-electron chi connectivity index (χ4n) is 1.71. The molecular weight excluding hydrogens is 207 g/mol. The summed E-state index contributed by atoms with van der Waals surface area (Å²) in [5, 5.41) is 0. The molecule has 1 aliphatic carbocycles. The van der Waals surface area contributed by atoms with Crippen LogP contribution in [0.1, 0.15) is 19.8 Å². The van der Waals surface area contributed by atoms with Gasteiger partial charge in [-0.1, -0.05) is 12.1 Å². The minimum absolute atomic E-state index is 0.180. The Balaban J connectivity index is 2.29. The number of anilines is 1. The molecule has 0 saturated heterocycles. The smallest absolute Gasteiger partial charge is 0.247 e. The van der Waals surface area contributed by atoms with E-state index in [1.165, 1.54) is 11.0 Å². The van der Waals surface area contributed by atoms with E-state index in [0.29, 0.717) is 25.1 Å². The van der Waals surface area contributed by atoms with Crippen LogP contribution < -0.4 is 10.6 Å². The van der Waals surface area contributed by atoms with Crippen LogP contribution in [0.15, 0.2) is 24.3 Å². The first-order valence-corrected chi connectivity index (χ1v) is 5.44. The van der Waals surface area contributed by atoms with Gasteiger partial charge in [-0.2, -0.15) is 0 Å². The van der Waals surface area contributed by atoms with Gasteiger partial charge in [0.1, 0.15) is 5.82 Å². The molecule has 1 fully saturated rings. The third-order valence-electron chi connectivity index (χ3n) is 2.92. The first kappa shape index (κ1) is 11.1. The van der Waals surface area contributed by atoms with E-state index in [1.807, 2.05) is 6.92 Å². The van der Waals surface area contributed by atoms with E-state index in [0.717, 1.165) is 0 Å². The highest BCUT2D eigenvalue weighted by atomic mass is 19.1. The van der Waals surface area contributed by atoms with Gasteiger partial charge >= 0.3 is 0 Å². The van der Waals surface area contributed by atoms with Crippen LogP contribution in [0.2, 0.25) is 0 Å². The number of hydrogen-bond donors (Lipinski definition) is 1. The molecule has 86 valence electrons. The predicted octanol–water partition coefficient (Wildman–Crippen LogP) is 1.67. The quantitative estimate of drug-likeness (QED) is 0.845. The van der Waals surface area contributed by atoms with Gasteiger partial charge in [0.05, 0.1) is 11.2 Å². The van der Waals surface area contributed by atoms with Gasteiger partial charge in [0.15, 0.2) is 0 Å². The summed E-state index contributed by atoms with van der Waals surface area (Å²) in [7, 11) is 0. The van der Waals surface area contributed by atoms with Gasteiger partial charge in [-0.05, 0) is 31.9 Å².